The second kappa shape index (κ2) is 10.9. The summed E-state index contributed by atoms with van der Waals surface area (Å²) in [5.74, 6) is -4.33. The molecule has 0 bridgehead atoms. The van der Waals surface area contributed by atoms with Crippen LogP contribution in [0, 0.1) is 30.3 Å². The van der Waals surface area contributed by atoms with E-state index in [0.717, 1.165) is 54.6 Å². The molecule has 0 saturated heterocycles. The zero-order valence-corrected chi connectivity index (χ0v) is 20.8. The fraction of sp³-hybridized carbons (Fsp3) is 0. The molecule has 15 heteroatoms. The van der Waals surface area contributed by atoms with E-state index in [-0.39, 0.29) is 33.4 Å². The molecule has 0 spiro atoms. The molecule has 0 aliphatic carbocycles. The lowest BCUT2D eigenvalue weighted by Crippen LogP contribution is -2.02. The van der Waals surface area contributed by atoms with Gasteiger partial charge in [0, 0.05) is 18.2 Å². The maximum atomic E-state index is 11.9. The van der Waals surface area contributed by atoms with Crippen LogP contribution in [-0.4, -0.2) is 48.0 Å². The number of hydrogen-bond donors (Lipinski definition) is 3. The lowest BCUT2D eigenvalue weighted by Gasteiger charge is -2.13. The fourth-order valence-corrected chi connectivity index (χ4v) is 4.27. The molecule has 210 valence electrons. The number of carbonyl (C=O) groups is 3. The minimum absolute atomic E-state index is 0.000595. The highest BCUT2D eigenvalue weighted by Crippen LogP contribution is 2.41. The Hall–Kier alpha value is -6.51. The van der Waals surface area contributed by atoms with Crippen molar-refractivity contribution in [1.29, 1.82) is 0 Å². The van der Waals surface area contributed by atoms with Gasteiger partial charge in [0.2, 0.25) is 0 Å². The van der Waals surface area contributed by atoms with Gasteiger partial charge in [-0.05, 0) is 71.3 Å². The smallest absolute Gasteiger partial charge is 0.335 e. The average molecular weight is 573 g/mol. The van der Waals surface area contributed by atoms with Crippen molar-refractivity contribution in [3.63, 3.8) is 0 Å². The molecule has 42 heavy (non-hydrogen) atoms. The molecule has 0 aliphatic heterocycles. The van der Waals surface area contributed by atoms with Crippen molar-refractivity contribution in [2.75, 3.05) is 0 Å². The molecular formula is C27H15N3O12. The Bertz CT molecular complexity index is 1640. The average Bonchev–Trinajstić information content (AvgIpc) is 2.95. The van der Waals surface area contributed by atoms with Crippen LogP contribution in [0.25, 0.3) is 33.4 Å². The molecule has 4 aromatic rings. The van der Waals surface area contributed by atoms with Gasteiger partial charge in [0.1, 0.15) is 0 Å². The summed E-state index contributed by atoms with van der Waals surface area (Å²) in [6.45, 7) is 0. The summed E-state index contributed by atoms with van der Waals surface area (Å²) < 4.78 is 0. The van der Waals surface area contributed by atoms with E-state index in [4.69, 9.17) is 0 Å². The van der Waals surface area contributed by atoms with Crippen LogP contribution in [0.2, 0.25) is 0 Å². The van der Waals surface area contributed by atoms with E-state index in [1.807, 2.05) is 0 Å². The van der Waals surface area contributed by atoms with Crippen LogP contribution in [0.5, 0.6) is 0 Å². The van der Waals surface area contributed by atoms with E-state index in [9.17, 15) is 60.0 Å². The standard InChI is InChI=1S/C27H15N3O12/c31-25(32)13-1-4-19(22(10-13)28(37)38)16-7-17(20-5-2-14(26(33)34)11-23(20)29(39)40)9-18(8-16)21-6-3-15(27(35)36)12-24(21)30(41)42/h1-12H,(H,31,32)(H,33,34)(H,35,36). The van der Waals surface area contributed by atoms with Gasteiger partial charge in [-0.15, -0.1) is 0 Å². The van der Waals surface area contributed by atoms with Gasteiger partial charge < -0.3 is 15.3 Å². The van der Waals surface area contributed by atoms with Crippen LogP contribution in [0.3, 0.4) is 0 Å². The topological polar surface area (TPSA) is 241 Å². The Balaban J connectivity index is 2.10. The minimum atomic E-state index is -1.44. The van der Waals surface area contributed by atoms with E-state index in [2.05, 4.69) is 0 Å². The van der Waals surface area contributed by atoms with Gasteiger partial charge >= 0.3 is 17.9 Å². The predicted molar refractivity (Wildman–Crippen MR) is 144 cm³/mol. The zero-order valence-electron chi connectivity index (χ0n) is 20.8. The van der Waals surface area contributed by atoms with Crippen molar-refractivity contribution in [1.82, 2.24) is 0 Å². The number of nitro benzene ring substituents is 3. The highest BCUT2D eigenvalue weighted by Gasteiger charge is 2.25. The molecule has 0 unspecified atom stereocenters. The fourth-order valence-electron chi connectivity index (χ4n) is 4.27. The number of aromatic carboxylic acids is 3. The Morgan fingerprint density at radius 2 is 0.690 bits per heavy atom. The molecule has 0 amide bonds. The number of hydrogen-bond acceptors (Lipinski definition) is 9. The Kier molecular flexibility index (Phi) is 7.42. The highest BCUT2D eigenvalue weighted by atomic mass is 16.6. The van der Waals surface area contributed by atoms with Gasteiger partial charge in [-0.25, -0.2) is 14.4 Å². The molecule has 0 atom stereocenters. The quantitative estimate of drug-likeness (QED) is 0.166. The second-order valence-electron chi connectivity index (χ2n) is 8.68. The zero-order chi connectivity index (χ0) is 30.9. The molecule has 0 heterocycles. The Morgan fingerprint density at radius 1 is 0.452 bits per heavy atom. The normalized spacial score (nSPS) is 10.6. The predicted octanol–water partition coefficient (Wildman–Crippen LogP) is 5.51. The van der Waals surface area contributed by atoms with Gasteiger partial charge in [-0.1, -0.05) is 0 Å². The molecule has 15 nitrogen and oxygen atoms in total. The molecule has 0 fully saturated rings. The van der Waals surface area contributed by atoms with Crippen molar-refractivity contribution in [2.45, 2.75) is 0 Å². The van der Waals surface area contributed by atoms with E-state index in [1.165, 1.54) is 18.2 Å². The van der Waals surface area contributed by atoms with Crippen LogP contribution in [0.15, 0.2) is 72.8 Å². The summed E-state index contributed by atoms with van der Waals surface area (Å²) in [7, 11) is 0. The number of rotatable bonds is 9. The van der Waals surface area contributed by atoms with Crippen LogP contribution < -0.4 is 0 Å². The maximum absolute atomic E-state index is 11.9. The van der Waals surface area contributed by atoms with E-state index in [1.54, 1.807) is 0 Å². The third-order valence-electron chi connectivity index (χ3n) is 6.19. The molecule has 4 rings (SSSR count). The SMILES string of the molecule is O=C(O)c1ccc(-c2cc(-c3ccc(C(=O)O)cc3[N+](=O)[O-])cc(-c3ccc(C(=O)O)cc3[N+](=O)[O-])c2)c([N+](=O)[O-])c1. The first kappa shape index (κ1) is 28.5. The van der Waals surface area contributed by atoms with Crippen molar-refractivity contribution in [2.24, 2.45) is 0 Å². The first-order valence-corrected chi connectivity index (χ1v) is 11.5. The number of benzene rings is 4. The summed E-state index contributed by atoms with van der Waals surface area (Å²) in [4.78, 5) is 67.4. The number of carboxylic acids is 3. The Morgan fingerprint density at radius 3 is 0.881 bits per heavy atom. The summed E-state index contributed by atoms with van der Waals surface area (Å²) in [6, 6.07) is 12.9. The van der Waals surface area contributed by atoms with Gasteiger partial charge in [0.25, 0.3) is 17.1 Å². The molecule has 4 aromatic carbocycles. The number of nitrogens with zero attached hydrogens (tertiary/aromatic N) is 3. The Labute approximate surface area is 233 Å². The minimum Gasteiger partial charge on any atom is -0.478 e. The van der Waals surface area contributed by atoms with E-state index in [0.29, 0.717) is 0 Å². The summed E-state index contributed by atoms with van der Waals surface area (Å²) in [6.07, 6.45) is 0. The lowest BCUT2D eigenvalue weighted by molar-refractivity contribution is -0.384. The van der Waals surface area contributed by atoms with E-state index < -0.39 is 66.4 Å². The molecule has 0 aliphatic rings. The largest absolute Gasteiger partial charge is 0.478 e. The lowest BCUT2D eigenvalue weighted by atomic mass is 9.90. The van der Waals surface area contributed by atoms with Crippen LogP contribution in [0.4, 0.5) is 17.1 Å². The monoisotopic (exact) mass is 573 g/mol. The van der Waals surface area contributed by atoms with Crippen LogP contribution in [-0.2, 0) is 0 Å². The number of carboxylic acid groups (broad SMARTS) is 3. The van der Waals surface area contributed by atoms with Crippen molar-refractivity contribution >= 4 is 35.0 Å². The first-order chi connectivity index (χ1) is 19.8. The van der Waals surface area contributed by atoms with Crippen LogP contribution in [0.1, 0.15) is 31.1 Å². The van der Waals surface area contributed by atoms with Crippen molar-refractivity contribution < 1.29 is 44.5 Å². The number of nitro groups is 3. The summed E-state index contributed by atoms with van der Waals surface area (Å²) >= 11 is 0. The second-order valence-corrected chi connectivity index (χ2v) is 8.68. The van der Waals surface area contributed by atoms with Gasteiger partial charge in [0.15, 0.2) is 0 Å². The van der Waals surface area contributed by atoms with E-state index >= 15 is 0 Å². The maximum Gasteiger partial charge on any atom is 0.335 e. The van der Waals surface area contributed by atoms with Gasteiger partial charge in [0.05, 0.1) is 48.2 Å². The first-order valence-electron chi connectivity index (χ1n) is 11.5. The molecule has 0 radical (unpaired) electrons. The van der Waals surface area contributed by atoms with Crippen LogP contribution >= 0.6 is 0 Å². The highest BCUT2D eigenvalue weighted by molar-refractivity contribution is 5.95. The molecule has 0 saturated carbocycles. The van der Waals surface area contributed by atoms with Gasteiger partial charge in [-0.2, -0.15) is 0 Å². The molecule has 3 N–H and O–H groups in total. The summed E-state index contributed by atoms with van der Waals surface area (Å²) in [5.41, 5.74) is -3.56. The third kappa shape index (κ3) is 5.46. The molecule has 0 aromatic heterocycles. The third-order valence-corrected chi connectivity index (χ3v) is 6.19. The van der Waals surface area contributed by atoms with Crippen molar-refractivity contribution in [3.8, 4) is 33.4 Å². The van der Waals surface area contributed by atoms with Crippen molar-refractivity contribution in [3.05, 3.63) is 120 Å². The summed E-state index contributed by atoms with van der Waals surface area (Å²) in [5, 5.41) is 63.6. The molecular weight excluding hydrogens is 558 g/mol. The van der Waals surface area contributed by atoms with Gasteiger partial charge in [-0.3, -0.25) is 30.3 Å².